The largest absolute Gasteiger partial charge is 0.508 e. The first kappa shape index (κ1) is 14.4. The van der Waals surface area contributed by atoms with Crippen LogP contribution in [0.3, 0.4) is 0 Å². The molecule has 3 rings (SSSR count). The Morgan fingerprint density at radius 3 is 2.36 bits per heavy atom. The van der Waals surface area contributed by atoms with Crippen LogP contribution < -0.4 is 5.69 Å². The molecule has 0 spiro atoms. The van der Waals surface area contributed by atoms with E-state index < -0.39 is 0 Å². The number of aromatic nitrogens is 3. The Morgan fingerprint density at radius 1 is 1.05 bits per heavy atom. The Hall–Kier alpha value is -2.53. The number of H-pyrrole nitrogens is 1. The van der Waals surface area contributed by atoms with Gasteiger partial charge in [-0.05, 0) is 35.4 Å². The maximum absolute atomic E-state index is 11.9. The van der Waals surface area contributed by atoms with Crippen molar-refractivity contribution in [3.05, 3.63) is 81.0 Å². The molecule has 0 aliphatic carbocycles. The zero-order valence-corrected chi connectivity index (χ0v) is 12.4. The lowest BCUT2D eigenvalue weighted by Crippen LogP contribution is -2.19. The van der Waals surface area contributed by atoms with Crippen molar-refractivity contribution in [2.24, 2.45) is 0 Å². The molecule has 0 fully saturated rings. The number of nitrogens with one attached hydrogen (secondary N) is 1. The Labute approximate surface area is 131 Å². The zero-order valence-electron chi connectivity index (χ0n) is 11.7. The fourth-order valence-electron chi connectivity index (χ4n) is 2.22. The quantitative estimate of drug-likeness (QED) is 0.777. The molecule has 0 radical (unpaired) electrons. The monoisotopic (exact) mass is 315 g/mol. The SMILES string of the molecule is O=c1[nH]nc(Cc2ccc(O)cc2)n1Cc1ccc(Cl)cc1. The number of aromatic amines is 1. The smallest absolute Gasteiger partial charge is 0.343 e. The molecule has 0 bridgehead atoms. The molecule has 1 heterocycles. The van der Waals surface area contributed by atoms with Crippen molar-refractivity contribution in [3.63, 3.8) is 0 Å². The number of rotatable bonds is 4. The van der Waals surface area contributed by atoms with Crippen LogP contribution in [0.4, 0.5) is 0 Å². The van der Waals surface area contributed by atoms with Gasteiger partial charge in [-0.15, -0.1) is 0 Å². The van der Waals surface area contributed by atoms with E-state index >= 15 is 0 Å². The summed E-state index contributed by atoms with van der Waals surface area (Å²) in [6.45, 7) is 0.430. The van der Waals surface area contributed by atoms with Crippen molar-refractivity contribution in [1.82, 2.24) is 14.8 Å². The van der Waals surface area contributed by atoms with Crippen LogP contribution in [-0.2, 0) is 13.0 Å². The second-order valence-electron chi connectivity index (χ2n) is 5.00. The molecule has 3 aromatic rings. The van der Waals surface area contributed by atoms with Gasteiger partial charge in [0.25, 0.3) is 0 Å². The van der Waals surface area contributed by atoms with Gasteiger partial charge >= 0.3 is 5.69 Å². The summed E-state index contributed by atoms with van der Waals surface area (Å²) in [5.41, 5.74) is 1.69. The summed E-state index contributed by atoms with van der Waals surface area (Å²) in [4.78, 5) is 11.9. The number of phenolic OH excluding ortho intramolecular Hbond substituents is 1. The molecule has 0 amide bonds. The molecule has 22 heavy (non-hydrogen) atoms. The number of nitrogens with zero attached hydrogens (tertiary/aromatic N) is 2. The first-order valence-electron chi connectivity index (χ1n) is 6.78. The van der Waals surface area contributed by atoms with E-state index in [1.165, 1.54) is 0 Å². The summed E-state index contributed by atoms with van der Waals surface area (Å²) in [6.07, 6.45) is 0.507. The second-order valence-corrected chi connectivity index (χ2v) is 5.44. The molecule has 0 atom stereocenters. The predicted octanol–water partition coefficient (Wildman–Crippen LogP) is 2.57. The molecule has 5 nitrogen and oxygen atoms in total. The predicted molar refractivity (Wildman–Crippen MR) is 84.3 cm³/mol. The third-order valence-electron chi connectivity index (χ3n) is 3.39. The summed E-state index contributed by atoms with van der Waals surface area (Å²) < 4.78 is 1.59. The van der Waals surface area contributed by atoms with Crippen LogP contribution in [0, 0.1) is 0 Å². The topological polar surface area (TPSA) is 70.9 Å². The van der Waals surface area contributed by atoms with E-state index in [1.54, 1.807) is 41.0 Å². The highest BCUT2D eigenvalue weighted by molar-refractivity contribution is 6.30. The van der Waals surface area contributed by atoms with Gasteiger partial charge in [0.1, 0.15) is 11.6 Å². The third kappa shape index (κ3) is 3.20. The molecule has 0 saturated heterocycles. The molecule has 112 valence electrons. The Morgan fingerprint density at radius 2 is 1.68 bits per heavy atom. The Bertz CT molecular complexity index is 820. The number of aromatic hydroxyl groups is 1. The van der Waals surface area contributed by atoms with Gasteiger partial charge in [0.15, 0.2) is 0 Å². The zero-order chi connectivity index (χ0) is 15.5. The molecule has 0 saturated carbocycles. The maximum atomic E-state index is 11.9. The summed E-state index contributed by atoms with van der Waals surface area (Å²) in [6, 6.07) is 14.2. The van der Waals surface area contributed by atoms with Crippen LogP contribution in [0.5, 0.6) is 5.75 Å². The van der Waals surface area contributed by atoms with Crippen LogP contribution in [0.1, 0.15) is 17.0 Å². The van der Waals surface area contributed by atoms with E-state index in [0.29, 0.717) is 23.8 Å². The minimum absolute atomic E-state index is 0.212. The van der Waals surface area contributed by atoms with E-state index in [0.717, 1.165) is 11.1 Å². The maximum Gasteiger partial charge on any atom is 0.343 e. The van der Waals surface area contributed by atoms with Crippen LogP contribution in [-0.4, -0.2) is 19.9 Å². The van der Waals surface area contributed by atoms with Gasteiger partial charge in [-0.25, -0.2) is 9.89 Å². The number of benzene rings is 2. The van der Waals surface area contributed by atoms with E-state index in [4.69, 9.17) is 11.6 Å². The van der Waals surface area contributed by atoms with Crippen molar-refractivity contribution in [2.75, 3.05) is 0 Å². The van der Waals surface area contributed by atoms with Crippen molar-refractivity contribution < 1.29 is 5.11 Å². The standard InChI is InChI=1S/C16H14ClN3O2/c17-13-5-1-12(2-6-13)10-20-15(18-19-16(20)22)9-11-3-7-14(21)8-4-11/h1-8,21H,9-10H2,(H,19,22). The average Bonchev–Trinajstić information content (AvgIpc) is 2.85. The van der Waals surface area contributed by atoms with Crippen LogP contribution in [0.15, 0.2) is 53.3 Å². The Balaban J connectivity index is 1.85. The summed E-state index contributed by atoms with van der Waals surface area (Å²) in [7, 11) is 0. The minimum atomic E-state index is -0.247. The van der Waals surface area contributed by atoms with Crippen LogP contribution >= 0.6 is 11.6 Å². The molecule has 0 aliphatic heterocycles. The van der Waals surface area contributed by atoms with Gasteiger partial charge in [-0.1, -0.05) is 35.9 Å². The Kier molecular flexibility index (Phi) is 3.98. The van der Waals surface area contributed by atoms with Crippen LogP contribution in [0.2, 0.25) is 5.02 Å². The van der Waals surface area contributed by atoms with Crippen LogP contribution in [0.25, 0.3) is 0 Å². The highest BCUT2D eigenvalue weighted by Crippen LogP contribution is 2.14. The van der Waals surface area contributed by atoms with E-state index in [1.807, 2.05) is 12.1 Å². The van der Waals surface area contributed by atoms with E-state index in [9.17, 15) is 9.90 Å². The average molecular weight is 316 g/mol. The molecule has 6 heteroatoms. The molecule has 1 aromatic heterocycles. The molecule has 0 aliphatic rings. The van der Waals surface area contributed by atoms with Crippen molar-refractivity contribution in [3.8, 4) is 5.75 Å². The molecule has 2 aromatic carbocycles. The number of halogens is 1. The number of hydrogen-bond donors (Lipinski definition) is 2. The van der Waals surface area contributed by atoms with Crippen molar-refractivity contribution in [2.45, 2.75) is 13.0 Å². The lowest BCUT2D eigenvalue weighted by molar-refractivity contribution is 0.475. The highest BCUT2D eigenvalue weighted by atomic mass is 35.5. The van der Waals surface area contributed by atoms with Gasteiger partial charge in [0.05, 0.1) is 6.54 Å². The van der Waals surface area contributed by atoms with Gasteiger partial charge in [0.2, 0.25) is 0 Å². The first-order chi connectivity index (χ1) is 10.6. The summed E-state index contributed by atoms with van der Waals surface area (Å²) in [5, 5.41) is 16.5. The summed E-state index contributed by atoms with van der Waals surface area (Å²) in [5.74, 6) is 0.856. The fourth-order valence-corrected chi connectivity index (χ4v) is 2.34. The molecular weight excluding hydrogens is 302 g/mol. The van der Waals surface area contributed by atoms with E-state index in [2.05, 4.69) is 10.2 Å². The molecule has 2 N–H and O–H groups in total. The third-order valence-corrected chi connectivity index (χ3v) is 3.64. The molecule has 0 unspecified atom stereocenters. The minimum Gasteiger partial charge on any atom is -0.508 e. The van der Waals surface area contributed by atoms with Gasteiger partial charge in [0, 0.05) is 11.4 Å². The normalized spacial score (nSPS) is 10.8. The second kappa shape index (κ2) is 6.07. The number of phenols is 1. The van der Waals surface area contributed by atoms with E-state index in [-0.39, 0.29) is 11.4 Å². The molecular formula is C16H14ClN3O2. The van der Waals surface area contributed by atoms with Crippen molar-refractivity contribution >= 4 is 11.6 Å². The lowest BCUT2D eigenvalue weighted by atomic mass is 10.1. The summed E-state index contributed by atoms with van der Waals surface area (Å²) >= 11 is 5.87. The first-order valence-corrected chi connectivity index (χ1v) is 7.16. The highest BCUT2D eigenvalue weighted by Gasteiger charge is 2.10. The fraction of sp³-hybridized carbons (Fsp3) is 0.125. The van der Waals surface area contributed by atoms with Crippen molar-refractivity contribution in [1.29, 1.82) is 0 Å². The van der Waals surface area contributed by atoms with Gasteiger partial charge < -0.3 is 5.11 Å². The van der Waals surface area contributed by atoms with Gasteiger partial charge in [-0.3, -0.25) is 4.57 Å². The lowest BCUT2D eigenvalue weighted by Gasteiger charge is -2.06. The number of hydrogen-bond acceptors (Lipinski definition) is 3. The van der Waals surface area contributed by atoms with Gasteiger partial charge in [-0.2, -0.15) is 5.10 Å².